The molecule has 1 amide bonds. The van der Waals surface area contributed by atoms with Crippen LogP contribution in [0.5, 0.6) is 0 Å². The topological polar surface area (TPSA) is 74.1 Å². The molecule has 3 atom stereocenters. The van der Waals surface area contributed by atoms with E-state index in [1.807, 2.05) is 60.4 Å². The van der Waals surface area contributed by atoms with Crippen LogP contribution in [0.4, 0.5) is 0 Å². The van der Waals surface area contributed by atoms with Gasteiger partial charge in [0.1, 0.15) is 6.07 Å². The van der Waals surface area contributed by atoms with Crippen molar-refractivity contribution in [2.24, 2.45) is 11.8 Å². The Morgan fingerprint density at radius 2 is 2.00 bits per heavy atom. The number of carbonyl (C=O) groups is 2. The van der Waals surface area contributed by atoms with Crippen LogP contribution in [0.1, 0.15) is 24.5 Å². The van der Waals surface area contributed by atoms with E-state index in [1.54, 1.807) is 18.5 Å². The largest absolute Gasteiger partial charge is 0.337 e. The molecule has 28 heavy (non-hydrogen) atoms. The van der Waals surface area contributed by atoms with E-state index < -0.39 is 5.41 Å². The zero-order chi connectivity index (χ0) is 19.7. The maximum Gasteiger partial charge on any atom is 0.237 e. The van der Waals surface area contributed by atoms with Gasteiger partial charge in [-0.3, -0.25) is 14.6 Å². The third kappa shape index (κ3) is 2.73. The lowest BCUT2D eigenvalue weighted by Gasteiger charge is -2.49. The maximum absolute atomic E-state index is 13.8. The van der Waals surface area contributed by atoms with Crippen LogP contribution >= 0.6 is 0 Å². The molecule has 0 spiro atoms. The lowest BCUT2D eigenvalue weighted by atomic mass is 9.57. The van der Waals surface area contributed by atoms with Gasteiger partial charge in [-0.25, -0.2) is 0 Å². The first-order valence-electron chi connectivity index (χ1n) is 9.49. The molecule has 0 bridgehead atoms. The first kappa shape index (κ1) is 18.1. The lowest BCUT2D eigenvalue weighted by Crippen LogP contribution is -2.59. The highest BCUT2D eigenvalue weighted by Crippen LogP contribution is 2.49. The van der Waals surface area contributed by atoms with Crippen molar-refractivity contribution in [3.8, 4) is 6.07 Å². The van der Waals surface area contributed by atoms with Crippen LogP contribution in [-0.2, 0) is 21.5 Å². The lowest BCUT2D eigenvalue weighted by molar-refractivity contribution is -0.145. The molecule has 140 valence electrons. The van der Waals surface area contributed by atoms with E-state index in [4.69, 9.17) is 0 Å². The van der Waals surface area contributed by atoms with Crippen molar-refractivity contribution in [3.05, 3.63) is 77.6 Å². The molecule has 1 aliphatic heterocycles. The van der Waals surface area contributed by atoms with Gasteiger partial charge in [0.05, 0.1) is 11.0 Å². The molecule has 5 nitrogen and oxygen atoms in total. The van der Waals surface area contributed by atoms with Gasteiger partial charge in [-0.1, -0.05) is 43.3 Å². The number of piperidine rings is 1. The van der Waals surface area contributed by atoms with E-state index in [2.05, 4.69) is 4.98 Å². The molecule has 0 saturated carbocycles. The van der Waals surface area contributed by atoms with Crippen LogP contribution in [0.3, 0.4) is 0 Å². The smallest absolute Gasteiger partial charge is 0.237 e. The van der Waals surface area contributed by atoms with E-state index >= 15 is 0 Å². The highest BCUT2D eigenvalue weighted by atomic mass is 16.2. The summed E-state index contributed by atoms with van der Waals surface area (Å²) in [6.45, 7) is 2.89. The van der Waals surface area contributed by atoms with Crippen molar-refractivity contribution in [2.75, 3.05) is 6.54 Å². The number of carbonyl (C=O) groups excluding carboxylic acids is 2. The monoisotopic (exact) mass is 371 g/mol. The summed E-state index contributed by atoms with van der Waals surface area (Å²) in [5.41, 5.74) is 0.902. The Kier molecular flexibility index (Phi) is 4.56. The van der Waals surface area contributed by atoms with Gasteiger partial charge in [-0.05, 0) is 35.6 Å². The summed E-state index contributed by atoms with van der Waals surface area (Å²) < 4.78 is 0. The SMILES string of the molecule is C[C@@H]1C(=O)C(C#N)=C[C@]2(c3ccccc3)C(=O)N(Cc3cccnc3)CC[C@@H]12. The number of Topliss-reactive ketones (excluding diaryl/α,β-unsaturated/α-hetero) is 1. The molecular weight excluding hydrogens is 350 g/mol. The van der Waals surface area contributed by atoms with Gasteiger partial charge in [0.2, 0.25) is 5.91 Å². The van der Waals surface area contributed by atoms with E-state index in [0.29, 0.717) is 19.5 Å². The normalized spacial score (nSPS) is 27.0. The number of amides is 1. The van der Waals surface area contributed by atoms with Crippen LogP contribution < -0.4 is 0 Å². The van der Waals surface area contributed by atoms with Gasteiger partial charge in [0.25, 0.3) is 0 Å². The molecule has 4 rings (SSSR count). The predicted molar refractivity (Wildman–Crippen MR) is 104 cm³/mol. The second-order valence-corrected chi connectivity index (χ2v) is 7.54. The molecule has 2 aliphatic rings. The first-order chi connectivity index (χ1) is 13.6. The zero-order valence-electron chi connectivity index (χ0n) is 15.7. The van der Waals surface area contributed by atoms with E-state index in [0.717, 1.165) is 11.1 Å². The number of fused-ring (bicyclic) bond motifs is 1. The molecular formula is C23H21N3O2. The number of likely N-dealkylation sites (tertiary alicyclic amines) is 1. The van der Waals surface area contributed by atoms with Gasteiger partial charge in [-0.2, -0.15) is 5.26 Å². The second kappa shape index (κ2) is 7.05. The number of nitriles is 1. The summed E-state index contributed by atoms with van der Waals surface area (Å²) in [7, 11) is 0. The Morgan fingerprint density at radius 1 is 1.21 bits per heavy atom. The van der Waals surface area contributed by atoms with Crippen molar-refractivity contribution >= 4 is 11.7 Å². The Hall–Kier alpha value is -3.26. The maximum atomic E-state index is 13.8. The minimum Gasteiger partial charge on any atom is -0.337 e. The molecule has 5 heteroatoms. The fraction of sp³-hybridized carbons (Fsp3) is 0.304. The van der Waals surface area contributed by atoms with Crippen molar-refractivity contribution in [2.45, 2.75) is 25.3 Å². The third-order valence-corrected chi connectivity index (χ3v) is 6.06. The average Bonchev–Trinajstić information content (AvgIpc) is 2.74. The van der Waals surface area contributed by atoms with Gasteiger partial charge >= 0.3 is 0 Å². The molecule has 2 aromatic rings. The summed E-state index contributed by atoms with van der Waals surface area (Å²) in [5, 5.41) is 9.55. The molecule has 1 saturated heterocycles. The minimum atomic E-state index is -0.986. The highest BCUT2D eigenvalue weighted by molar-refractivity contribution is 6.06. The number of ketones is 1. The summed E-state index contributed by atoms with van der Waals surface area (Å²) in [6.07, 6.45) is 5.81. The number of hydrogen-bond acceptors (Lipinski definition) is 4. The van der Waals surface area contributed by atoms with Gasteiger partial charge in [-0.15, -0.1) is 0 Å². The molecule has 0 N–H and O–H groups in total. The number of allylic oxidation sites excluding steroid dienone is 1. The van der Waals surface area contributed by atoms with Crippen LogP contribution in [0.2, 0.25) is 0 Å². The number of pyridine rings is 1. The Balaban J connectivity index is 1.84. The Bertz CT molecular complexity index is 978. The Labute approximate surface area is 164 Å². The number of hydrogen-bond donors (Lipinski definition) is 0. The molecule has 1 aromatic carbocycles. The zero-order valence-corrected chi connectivity index (χ0v) is 15.7. The quantitative estimate of drug-likeness (QED) is 0.831. The minimum absolute atomic E-state index is 0.0501. The van der Waals surface area contributed by atoms with Crippen LogP contribution in [0.25, 0.3) is 0 Å². The highest BCUT2D eigenvalue weighted by Gasteiger charge is 2.56. The first-order valence-corrected chi connectivity index (χ1v) is 9.49. The molecule has 1 fully saturated rings. The standard InChI is InChI=1S/C23H21N3O2/c1-16-20-9-11-26(15-17-6-5-10-25-14-17)22(28)23(20,12-18(13-24)21(16)27)19-7-3-2-4-8-19/h2-8,10,12,14,16,20H,9,11,15H2,1H3/t16-,20-,23+/m0/s1. The summed E-state index contributed by atoms with van der Waals surface area (Å²) >= 11 is 0. The molecule has 0 radical (unpaired) electrons. The van der Waals surface area contributed by atoms with Crippen molar-refractivity contribution in [1.29, 1.82) is 5.26 Å². The number of aromatic nitrogens is 1. The summed E-state index contributed by atoms with van der Waals surface area (Å²) in [4.78, 5) is 32.5. The Morgan fingerprint density at radius 3 is 2.68 bits per heavy atom. The molecule has 1 aromatic heterocycles. The molecule has 1 aliphatic carbocycles. The fourth-order valence-corrected chi connectivity index (χ4v) is 4.67. The number of benzene rings is 1. The van der Waals surface area contributed by atoms with Crippen molar-refractivity contribution in [3.63, 3.8) is 0 Å². The summed E-state index contributed by atoms with van der Waals surface area (Å²) in [5.74, 6) is -0.736. The molecule has 0 unspecified atom stereocenters. The fourth-order valence-electron chi connectivity index (χ4n) is 4.67. The van der Waals surface area contributed by atoms with Gasteiger partial charge in [0, 0.05) is 31.4 Å². The van der Waals surface area contributed by atoms with Crippen LogP contribution in [0, 0.1) is 23.2 Å². The average molecular weight is 371 g/mol. The van der Waals surface area contributed by atoms with Gasteiger partial charge < -0.3 is 4.90 Å². The van der Waals surface area contributed by atoms with E-state index in [9.17, 15) is 14.9 Å². The van der Waals surface area contributed by atoms with Crippen LogP contribution in [0.15, 0.2) is 66.5 Å². The second-order valence-electron chi connectivity index (χ2n) is 7.54. The summed E-state index contributed by atoms with van der Waals surface area (Å²) in [6, 6.07) is 15.4. The van der Waals surface area contributed by atoms with E-state index in [1.165, 1.54) is 0 Å². The van der Waals surface area contributed by atoms with Crippen molar-refractivity contribution in [1.82, 2.24) is 9.88 Å². The molecule has 2 heterocycles. The van der Waals surface area contributed by atoms with Crippen LogP contribution in [-0.4, -0.2) is 28.1 Å². The predicted octanol–water partition coefficient (Wildman–Crippen LogP) is 3.04. The number of nitrogens with zero attached hydrogens (tertiary/aromatic N) is 3. The third-order valence-electron chi connectivity index (χ3n) is 6.06. The number of rotatable bonds is 3. The van der Waals surface area contributed by atoms with Crippen molar-refractivity contribution < 1.29 is 9.59 Å². The van der Waals surface area contributed by atoms with E-state index in [-0.39, 0.29) is 29.1 Å². The van der Waals surface area contributed by atoms with Gasteiger partial charge in [0.15, 0.2) is 5.78 Å².